The predicted octanol–water partition coefficient (Wildman–Crippen LogP) is 2.19. The largest absolute Gasteiger partial charge is 0.493 e. The minimum absolute atomic E-state index is 0.0270. The summed E-state index contributed by atoms with van der Waals surface area (Å²) in [6.07, 6.45) is 0.843. The Morgan fingerprint density at radius 3 is 2.56 bits per heavy atom. The lowest BCUT2D eigenvalue weighted by Gasteiger charge is -2.25. The lowest BCUT2D eigenvalue weighted by Crippen LogP contribution is -2.48. The first-order valence-corrected chi connectivity index (χ1v) is 8.64. The van der Waals surface area contributed by atoms with Crippen LogP contribution in [0.15, 0.2) is 29.3 Å². The number of nitrogens with one attached hydrogen (secondary N) is 2. The van der Waals surface area contributed by atoms with Crippen LogP contribution in [0.3, 0.4) is 0 Å². The molecule has 0 bridgehead atoms. The molecule has 0 aliphatic heterocycles. The highest BCUT2D eigenvalue weighted by molar-refractivity contribution is 5.86. The molecule has 140 valence electrons. The fourth-order valence-electron chi connectivity index (χ4n) is 2.31. The van der Waals surface area contributed by atoms with Gasteiger partial charge in [-0.2, -0.15) is 0 Å². The van der Waals surface area contributed by atoms with Gasteiger partial charge in [-0.1, -0.05) is 18.2 Å². The number of carbonyl (C=O) groups excluding carboxylic acids is 1. The highest BCUT2D eigenvalue weighted by Gasteiger charge is 2.16. The molecule has 0 unspecified atom stereocenters. The van der Waals surface area contributed by atoms with Crippen molar-refractivity contribution in [3.63, 3.8) is 0 Å². The maximum Gasteiger partial charge on any atom is 0.240 e. The molecule has 1 aromatic carbocycles. The maximum atomic E-state index is 12.0. The first-order valence-electron chi connectivity index (χ1n) is 8.64. The lowest BCUT2D eigenvalue weighted by atomic mass is 10.1. The van der Waals surface area contributed by atoms with Crippen LogP contribution in [0.25, 0.3) is 0 Å². The standard InChI is InChI=1S/C19H32N4O2/c1-15-10-7-8-11-16(15)25-13-9-12-21-18(20-5)23(6)14-17(24)22-19(2,3)4/h7-8,10-11H,9,12-14H2,1-6H3,(H,20,21)(H,22,24). The zero-order chi connectivity index (χ0) is 18.9. The van der Waals surface area contributed by atoms with E-state index in [2.05, 4.69) is 15.6 Å². The number of nitrogens with zero attached hydrogens (tertiary/aromatic N) is 2. The van der Waals surface area contributed by atoms with Crippen molar-refractivity contribution in [2.45, 2.75) is 39.7 Å². The first-order chi connectivity index (χ1) is 11.7. The molecule has 1 aromatic rings. The number of rotatable bonds is 7. The van der Waals surface area contributed by atoms with Crippen LogP contribution in [0.1, 0.15) is 32.8 Å². The van der Waals surface area contributed by atoms with Crippen LogP contribution < -0.4 is 15.4 Å². The summed E-state index contributed by atoms with van der Waals surface area (Å²) in [4.78, 5) is 18.0. The maximum absolute atomic E-state index is 12.0. The van der Waals surface area contributed by atoms with Crippen LogP contribution in [0.4, 0.5) is 0 Å². The van der Waals surface area contributed by atoms with Crippen LogP contribution in [0.5, 0.6) is 5.75 Å². The molecule has 25 heavy (non-hydrogen) atoms. The van der Waals surface area contributed by atoms with Gasteiger partial charge in [-0.25, -0.2) is 0 Å². The molecule has 1 rings (SSSR count). The Morgan fingerprint density at radius 2 is 1.96 bits per heavy atom. The minimum atomic E-state index is -0.234. The fourth-order valence-corrected chi connectivity index (χ4v) is 2.31. The van der Waals surface area contributed by atoms with Gasteiger partial charge >= 0.3 is 0 Å². The molecule has 0 atom stereocenters. The number of hydrogen-bond acceptors (Lipinski definition) is 3. The molecule has 0 saturated carbocycles. The van der Waals surface area contributed by atoms with Gasteiger partial charge in [0.05, 0.1) is 13.2 Å². The van der Waals surface area contributed by atoms with E-state index in [9.17, 15) is 4.79 Å². The number of hydrogen-bond donors (Lipinski definition) is 2. The van der Waals surface area contributed by atoms with Crippen molar-refractivity contribution in [2.24, 2.45) is 4.99 Å². The number of benzene rings is 1. The molecule has 0 aromatic heterocycles. The minimum Gasteiger partial charge on any atom is -0.493 e. The van der Waals surface area contributed by atoms with E-state index in [1.54, 1.807) is 7.05 Å². The summed E-state index contributed by atoms with van der Waals surface area (Å²) in [5, 5.41) is 6.20. The zero-order valence-corrected chi connectivity index (χ0v) is 16.3. The third-order valence-corrected chi connectivity index (χ3v) is 3.42. The normalized spacial score (nSPS) is 11.8. The number of likely N-dealkylation sites (N-methyl/N-ethyl adjacent to an activating group) is 1. The van der Waals surface area contributed by atoms with Crippen molar-refractivity contribution in [3.8, 4) is 5.75 Å². The van der Waals surface area contributed by atoms with Gasteiger partial charge in [-0.15, -0.1) is 0 Å². The SMILES string of the molecule is CN=C(NCCCOc1ccccc1C)N(C)CC(=O)NC(C)(C)C. The lowest BCUT2D eigenvalue weighted by molar-refractivity contribution is -0.122. The van der Waals surface area contributed by atoms with Crippen molar-refractivity contribution in [1.82, 2.24) is 15.5 Å². The van der Waals surface area contributed by atoms with E-state index in [1.165, 1.54) is 0 Å². The summed E-state index contributed by atoms with van der Waals surface area (Å²) in [7, 11) is 3.56. The van der Waals surface area contributed by atoms with Crippen molar-refractivity contribution in [3.05, 3.63) is 29.8 Å². The van der Waals surface area contributed by atoms with Gasteiger partial charge in [0.25, 0.3) is 0 Å². The van der Waals surface area contributed by atoms with E-state index in [1.807, 2.05) is 63.9 Å². The predicted molar refractivity (Wildman–Crippen MR) is 103 cm³/mol. The van der Waals surface area contributed by atoms with Crippen molar-refractivity contribution in [1.29, 1.82) is 0 Å². The van der Waals surface area contributed by atoms with Gasteiger partial charge in [0.2, 0.25) is 5.91 Å². The molecule has 0 heterocycles. The molecule has 0 saturated heterocycles. The average Bonchev–Trinajstić information content (AvgIpc) is 2.50. The number of guanidine groups is 1. The van der Waals surface area contributed by atoms with Gasteiger partial charge < -0.3 is 20.3 Å². The number of amides is 1. The third-order valence-electron chi connectivity index (χ3n) is 3.42. The Bertz CT molecular complexity index is 579. The smallest absolute Gasteiger partial charge is 0.240 e. The van der Waals surface area contributed by atoms with E-state index in [4.69, 9.17) is 4.74 Å². The van der Waals surface area contributed by atoms with Gasteiger partial charge in [0.15, 0.2) is 5.96 Å². The van der Waals surface area contributed by atoms with Gasteiger partial charge in [0.1, 0.15) is 5.75 Å². The molecule has 6 heteroatoms. The summed E-state index contributed by atoms with van der Waals surface area (Å²) < 4.78 is 5.77. The molecule has 0 aliphatic carbocycles. The summed E-state index contributed by atoms with van der Waals surface area (Å²) in [5.74, 6) is 1.59. The highest BCUT2D eigenvalue weighted by atomic mass is 16.5. The van der Waals surface area contributed by atoms with Gasteiger partial charge in [-0.05, 0) is 45.7 Å². The second-order valence-electron chi connectivity index (χ2n) is 7.10. The molecule has 6 nitrogen and oxygen atoms in total. The first kappa shape index (κ1) is 20.8. The Labute approximate surface area is 151 Å². The van der Waals surface area contributed by atoms with E-state index >= 15 is 0 Å². The Morgan fingerprint density at radius 1 is 1.28 bits per heavy atom. The third kappa shape index (κ3) is 8.42. The quantitative estimate of drug-likeness (QED) is 0.450. The summed E-state index contributed by atoms with van der Waals surface area (Å²) in [6, 6.07) is 7.98. The topological polar surface area (TPSA) is 66.0 Å². The van der Waals surface area contributed by atoms with Crippen LogP contribution in [0, 0.1) is 6.92 Å². The van der Waals surface area contributed by atoms with Crippen LogP contribution in [-0.2, 0) is 4.79 Å². The van der Waals surface area contributed by atoms with Crippen molar-refractivity contribution in [2.75, 3.05) is 33.8 Å². The van der Waals surface area contributed by atoms with E-state index in [0.29, 0.717) is 12.6 Å². The number of para-hydroxylation sites is 1. The summed E-state index contributed by atoms with van der Waals surface area (Å²) >= 11 is 0. The molecule has 1 amide bonds. The van der Waals surface area contributed by atoms with Crippen LogP contribution >= 0.6 is 0 Å². The molecule has 0 radical (unpaired) electrons. The van der Waals surface area contributed by atoms with Gasteiger partial charge in [0, 0.05) is 26.2 Å². The van der Waals surface area contributed by atoms with E-state index < -0.39 is 0 Å². The average molecular weight is 348 g/mol. The van der Waals surface area contributed by atoms with E-state index in [0.717, 1.165) is 24.3 Å². The second kappa shape index (κ2) is 9.91. The number of aryl methyl sites for hydroxylation is 1. The Kier molecular flexibility index (Phi) is 8.25. The van der Waals surface area contributed by atoms with Crippen LogP contribution in [0.2, 0.25) is 0 Å². The number of ether oxygens (including phenoxy) is 1. The van der Waals surface area contributed by atoms with Crippen molar-refractivity contribution >= 4 is 11.9 Å². The van der Waals surface area contributed by atoms with Crippen molar-refractivity contribution < 1.29 is 9.53 Å². The second-order valence-corrected chi connectivity index (χ2v) is 7.10. The molecular formula is C19H32N4O2. The molecular weight excluding hydrogens is 316 g/mol. The monoisotopic (exact) mass is 348 g/mol. The van der Waals surface area contributed by atoms with Gasteiger partial charge in [-0.3, -0.25) is 9.79 Å². The molecule has 0 spiro atoms. The number of carbonyl (C=O) groups is 1. The Balaban J connectivity index is 2.31. The molecule has 0 aliphatic rings. The number of aliphatic imine (C=N–C) groups is 1. The summed E-state index contributed by atoms with van der Waals surface area (Å²) in [5.41, 5.74) is 0.901. The highest BCUT2D eigenvalue weighted by Crippen LogP contribution is 2.15. The molecule has 0 fully saturated rings. The summed E-state index contributed by atoms with van der Waals surface area (Å²) in [6.45, 7) is 9.54. The van der Waals surface area contributed by atoms with Crippen LogP contribution in [-0.4, -0.2) is 56.1 Å². The molecule has 2 N–H and O–H groups in total. The zero-order valence-electron chi connectivity index (χ0n) is 16.3. The van der Waals surface area contributed by atoms with E-state index in [-0.39, 0.29) is 18.0 Å². The Hall–Kier alpha value is -2.24. The fraction of sp³-hybridized carbons (Fsp3) is 0.579.